The van der Waals surface area contributed by atoms with Crippen LogP contribution in [-0.4, -0.2) is 19.0 Å². The summed E-state index contributed by atoms with van der Waals surface area (Å²) in [5, 5.41) is 0. The van der Waals surface area contributed by atoms with Crippen LogP contribution in [0.3, 0.4) is 0 Å². The second-order valence-corrected chi connectivity index (χ2v) is 12.7. The zero-order chi connectivity index (χ0) is 8.04. The minimum Gasteiger partial charge on any atom is -0.379 e. The first kappa shape index (κ1) is 11.1. The van der Waals surface area contributed by atoms with E-state index < -0.39 is 5.80 Å². The van der Waals surface area contributed by atoms with Crippen molar-refractivity contribution in [3.63, 3.8) is 0 Å². The highest BCUT2D eigenvalue weighted by atomic mass is 79.9. The molecule has 62 valence electrons. The van der Waals surface area contributed by atoms with Crippen LogP contribution in [0.25, 0.3) is 0 Å². The predicted octanol–water partition coefficient (Wildman–Crippen LogP) is 2.67. The lowest BCUT2D eigenvalue weighted by Crippen LogP contribution is -2.28. The first-order valence-corrected chi connectivity index (χ1v) is 9.61. The van der Waals surface area contributed by atoms with Crippen molar-refractivity contribution < 1.29 is 8.85 Å². The van der Waals surface area contributed by atoms with Crippen LogP contribution in [0.2, 0.25) is 0 Å². The quantitative estimate of drug-likeness (QED) is 0.573. The van der Waals surface area contributed by atoms with Crippen molar-refractivity contribution in [3.05, 3.63) is 0 Å². The Morgan fingerprint density at radius 2 is 1.80 bits per heavy atom. The Kier molecular flexibility index (Phi) is 6.34. The minimum absolute atomic E-state index is 0.673. The van der Waals surface area contributed by atoms with Gasteiger partial charge >= 0.3 is 5.80 Å². The standard InChI is InChI=1S/C5H12Br2O2Si/c1-3-5-9-10(6,7)8-4-2/h3-5H2,1-2H3. The molecule has 0 saturated carbocycles. The third kappa shape index (κ3) is 5.85. The third-order valence-corrected chi connectivity index (χ3v) is 4.70. The van der Waals surface area contributed by atoms with Gasteiger partial charge in [-0.05, 0) is 43.9 Å². The van der Waals surface area contributed by atoms with Gasteiger partial charge in [0, 0.05) is 13.2 Å². The molecule has 0 spiro atoms. The maximum absolute atomic E-state index is 5.37. The van der Waals surface area contributed by atoms with Crippen molar-refractivity contribution in [1.29, 1.82) is 0 Å². The molecule has 0 radical (unpaired) electrons. The number of halogens is 2. The summed E-state index contributed by atoms with van der Waals surface area (Å²) in [6.45, 7) is 5.42. The molecule has 0 aromatic carbocycles. The number of rotatable bonds is 5. The molecule has 10 heavy (non-hydrogen) atoms. The van der Waals surface area contributed by atoms with E-state index >= 15 is 0 Å². The largest absolute Gasteiger partial charge is 0.490 e. The Hall–Kier alpha value is 1.10. The van der Waals surface area contributed by atoms with Gasteiger partial charge in [-0.15, -0.1) is 0 Å². The molecule has 0 N–H and O–H groups in total. The van der Waals surface area contributed by atoms with Crippen molar-refractivity contribution in [2.45, 2.75) is 20.3 Å². The molecule has 0 unspecified atom stereocenters. The summed E-state index contributed by atoms with van der Waals surface area (Å²) in [5.41, 5.74) is 0. The molecule has 0 aromatic heterocycles. The van der Waals surface area contributed by atoms with Gasteiger partial charge in [-0.2, -0.15) is 0 Å². The smallest absolute Gasteiger partial charge is 0.379 e. The van der Waals surface area contributed by atoms with Crippen LogP contribution < -0.4 is 0 Å². The Labute approximate surface area is 78.7 Å². The Morgan fingerprint density at radius 1 is 1.20 bits per heavy atom. The Balaban J connectivity index is 3.42. The van der Waals surface area contributed by atoms with Gasteiger partial charge < -0.3 is 8.85 Å². The summed E-state index contributed by atoms with van der Waals surface area (Å²) in [6, 6.07) is 0. The molecule has 0 fully saturated rings. The molecule has 0 aliphatic heterocycles. The molecule has 0 aliphatic rings. The molecule has 0 rings (SSSR count). The van der Waals surface area contributed by atoms with Crippen LogP contribution in [0.5, 0.6) is 0 Å². The summed E-state index contributed by atoms with van der Waals surface area (Å²) in [5.74, 6) is -2.10. The van der Waals surface area contributed by atoms with E-state index in [-0.39, 0.29) is 0 Å². The van der Waals surface area contributed by atoms with Gasteiger partial charge in [0.25, 0.3) is 0 Å². The highest BCUT2D eigenvalue weighted by Gasteiger charge is 2.30. The van der Waals surface area contributed by atoms with Gasteiger partial charge in [-0.1, -0.05) is 6.92 Å². The Bertz CT molecular complexity index is 89.7. The molecule has 0 saturated heterocycles. The number of hydrogen-bond acceptors (Lipinski definition) is 2. The molecular formula is C5H12Br2O2Si. The summed E-state index contributed by atoms with van der Waals surface area (Å²) < 4.78 is 10.7. The predicted molar refractivity (Wildman–Crippen MR) is 51.5 cm³/mol. The van der Waals surface area contributed by atoms with Crippen molar-refractivity contribution in [2.24, 2.45) is 0 Å². The van der Waals surface area contributed by atoms with E-state index in [0.29, 0.717) is 6.61 Å². The SMILES string of the molecule is CCCO[Si](Br)(Br)OCC. The average Bonchev–Trinajstić information content (AvgIpc) is 1.84. The van der Waals surface area contributed by atoms with Gasteiger partial charge in [-0.3, -0.25) is 0 Å². The van der Waals surface area contributed by atoms with Gasteiger partial charge in [0.05, 0.1) is 0 Å². The molecular weight excluding hydrogens is 280 g/mol. The van der Waals surface area contributed by atoms with Crippen LogP contribution in [0.1, 0.15) is 20.3 Å². The summed E-state index contributed by atoms with van der Waals surface area (Å²) in [6.07, 6.45) is 1.01. The summed E-state index contributed by atoms with van der Waals surface area (Å²) in [4.78, 5) is 0. The topological polar surface area (TPSA) is 18.5 Å². The minimum atomic E-state index is -2.10. The summed E-state index contributed by atoms with van der Waals surface area (Å²) >= 11 is 6.71. The monoisotopic (exact) mass is 290 g/mol. The second kappa shape index (κ2) is 5.71. The number of hydrogen-bond donors (Lipinski definition) is 0. The highest BCUT2D eigenvalue weighted by molar-refractivity contribution is 9.50. The van der Waals surface area contributed by atoms with Gasteiger partial charge in [0.2, 0.25) is 0 Å². The van der Waals surface area contributed by atoms with Crippen LogP contribution >= 0.6 is 30.6 Å². The second-order valence-electron chi connectivity index (χ2n) is 1.74. The van der Waals surface area contributed by atoms with Crippen molar-refractivity contribution in [1.82, 2.24) is 0 Å². The molecule has 0 bridgehead atoms. The van der Waals surface area contributed by atoms with Crippen molar-refractivity contribution in [3.8, 4) is 0 Å². The lowest BCUT2D eigenvalue weighted by atomic mass is 10.5. The molecule has 0 heterocycles. The van der Waals surface area contributed by atoms with E-state index in [1.54, 1.807) is 0 Å². The first-order chi connectivity index (χ1) is 4.62. The normalized spacial score (nSPS) is 12.0. The molecule has 0 aromatic rings. The van der Waals surface area contributed by atoms with Gasteiger partial charge in [-0.25, -0.2) is 0 Å². The van der Waals surface area contributed by atoms with E-state index in [0.717, 1.165) is 13.0 Å². The van der Waals surface area contributed by atoms with Crippen LogP contribution in [0.4, 0.5) is 0 Å². The maximum Gasteiger partial charge on any atom is 0.490 e. The molecule has 0 aliphatic carbocycles. The van der Waals surface area contributed by atoms with Crippen molar-refractivity contribution >= 4 is 36.4 Å². The van der Waals surface area contributed by atoms with E-state index in [2.05, 4.69) is 37.5 Å². The van der Waals surface area contributed by atoms with E-state index in [1.165, 1.54) is 0 Å². The van der Waals surface area contributed by atoms with Crippen molar-refractivity contribution in [2.75, 3.05) is 13.2 Å². The molecule has 0 amide bonds. The van der Waals surface area contributed by atoms with E-state index in [9.17, 15) is 0 Å². The lowest BCUT2D eigenvalue weighted by Gasteiger charge is -2.16. The highest BCUT2D eigenvalue weighted by Crippen LogP contribution is 2.22. The zero-order valence-corrected chi connectivity index (χ0v) is 10.4. The third-order valence-electron chi connectivity index (χ3n) is 0.787. The fourth-order valence-electron chi connectivity index (χ4n) is 0.431. The van der Waals surface area contributed by atoms with Crippen LogP contribution in [0, 0.1) is 0 Å². The van der Waals surface area contributed by atoms with E-state index in [4.69, 9.17) is 8.85 Å². The molecule has 0 atom stereocenters. The van der Waals surface area contributed by atoms with Gasteiger partial charge in [0.1, 0.15) is 0 Å². The lowest BCUT2D eigenvalue weighted by molar-refractivity contribution is 0.219. The zero-order valence-electron chi connectivity index (χ0n) is 6.19. The fraction of sp³-hybridized carbons (Fsp3) is 1.00. The van der Waals surface area contributed by atoms with Crippen LogP contribution in [-0.2, 0) is 8.85 Å². The Morgan fingerprint density at radius 3 is 2.20 bits per heavy atom. The fourth-order valence-corrected chi connectivity index (χ4v) is 3.64. The molecule has 5 heteroatoms. The van der Waals surface area contributed by atoms with E-state index in [1.807, 2.05) is 6.92 Å². The molecule has 2 nitrogen and oxygen atoms in total. The average molecular weight is 292 g/mol. The van der Waals surface area contributed by atoms with Gasteiger partial charge in [0.15, 0.2) is 0 Å². The van der Waals surface area contributed by atoms with Crippen LogP contribution in [0.15, 0.2) is 0 Å². The summed E-state index contributed by atoms with van der Waals surface area (Å²) in [7, 11) is 0. The first-order valence-electron chi connectivity index (χ1n) is 3.28. The maximum atomic E-state index is 5.37.